The lowest BCUT2D eigenvalue weighted by Gasteiger charge is -2.12. The first-order valence-corrected chi connectivity index (χ1v) is 8.63. The average molecular weight is 356 g/mol. The van der Waals surface area contributed by atoms with Crippen molar-refractivity contribution in [3.63, 3.8) is 0 Å². The molecular formula is C20H24N2O4. The molecular weight excluding hydrogens is 332 g/mol. The Bertz CT molecular complexity index is 704. The van der Waals surface area contributed by atoms with Crippen molar-refractivity contribution >= 4 is 17.5 Å². The number of ether oxygens (including phenoxy) is 2. The van der Waals surface area contributed by atoms with Crippen LogP contribution in [0.15, 0.2) is 54.6 Å². The topological polar surface area (TPSA) is 76.7 Å². The summed E-state index contributed by atoms with van der Waals surface area (Å²) in [5, 5.41) is 5.55. The standard InChI is InChI=1S/C20H24N2O4/c1-2-25-14-8-13-21-20(24)17-11-6-7-12-18(17)22-19(23)15-26-16-9-4-3-5-10-16/h3-7,9-12H,2,8,13-15H2,1H3,(H,21,24)(H,22,23). The molecule has 2 N–H and O–H groups in total. The minimum absolute atomic E-state index is 0.131. The first-order valence-electron chi connectivity index (χ1n) is 8.63. The maximum Gasteiger partial charge on any atom is 0.262 e. The van der Waals surface area contributed by atoms with Gasteiger partial charge in [0.1, 0.15) is 5.75 Å². The van der Waals surface area contributed by atoms with Gasteiger partial charge in [-0.15, -0.1) is 0 Å². The van der Waals surface area contributed by atoms with Gasteiger partial charge in [-0.3, -0.25) is 9.59 Å². The van der Waals surface area contributed by atoms with Gasteiger partial charge >= 0.3 is 0 Å². The summed E-state index contributed by atoms with van der Waals surface area (Å²) in [6.45, 7) is 3.57. The summed E-state index contributed by atoms with van der Waals surface area (Å²) >= 11 is 0. The summed E-state index contributed by atoms with van der Waals surface area (Å²) in [7, 11) is 0. The summed E-state index contributed by atoms with van der Waals surface area (Å²) in [4.78, 5) is 24.4. The first-order chi connectivity index (χ1) is 12.7. The molecule has 0 heterocycles. The molecule has 2 aromatic rings. The number of rotatable bonds is 10. The molecule has 6 nitrogen and oxygen atoms in total. The van der Waals surface area contributed by atoms with E-state index in [-0.39, 0.29) is 18.4 Å². The van der Waals surface area contributed by atoms with E-state index in [1.807, 2.05) is 25.1 Å². The Labute approximate surface area is 153 Å². The highest BCUT2D eigenvalue weighted by atomic mass is 16.5. The minimum Gasteiger partial charge on any atom is -0.484 e. The first kappa shape index (κ1) is 19.5. The van der Waals surface area contributed by atoms with Crippen LogP contribution < -0.4 is 15.4 Å². The lowest BCUT2D eigenvalue weighted by atomic mass is 10.1. The second-order valence-electron chi connectivity index (χ2n) is 5.50. The number of amides is 2. The Morgan fingerprint density at radius 1 is 1.00 bits per heavy atom. The van der Waals surface area contributed by atoms with Crippen molar-refractivity contribution in [3.05, 3.63) is 60.2 Å². The van der Waals surface area contributed by atoms with Crippen LogP contribution in [-0.4, -0.2) is 38.2 Å². The fourth-order valence-corrected chi connectivity index (χ4v) is 2.26. The predicted octanol–water partition coefficient (Wildman–Crippen LogP) is 2.86. The number of carbonyl (C=O) groups excluding carboxylic acids is 2. The van der Waals surface area contributed by atoms with Crippen LogP contribution in [-0.2, 0) is 9.53 Å². The van der Waals surface area contributed by atoms with Gasteiger partial charge in [0.05, 0.1) is 11.3 Å². The van der Waals surface area contributed by atoms with Crippen molar-refractivity contribution in [1.82, 2.24) is 5.32 Å². The zero-order valence-corrected chi connectivity index (χ0v) is 14.9. The minimum atomic E-state index is -0.328. The number of hydrogen-bond donors (Lipinski definition) is 2. The summed E-state index contributed by atoms with van der Waals surface area (Å²) in [5.74, 6) is 0.0507. The van der Waals surface area contributed by atoms with Crippen LogP contribution in [0.1, 0.15) is 23.7 Å². The summed E-state index contributed by atoms with van der Waals surface area (Å²) in [6.07, 6.45) is 0.735. The highest BCUT2D eigenvalue weighted by molar-refractivity contribution is 6.04. The van der Waals surface area contributed by atoms with Crippen molar-refractivity contribution < 1.29 is 19.1 Å². The number of carbonyl (C=O) groups is 2. The normalized spacial score (nSPS) is 10.2. The van der Waals surface area contributed by atoms with E-state index < -0.39 is 0 Å². The molecule has 0 aliphatic heterocycles. The molecule has 0 spiro atoms. The summed E-state index contributed by atoms with van der Waals surface area (Å²) in [6, 6.07) is 16.0. The molecule has 138 valence electrons. The summed E-state index contributed by atoms with van der Waals surface area (Å²) in [5.41, 5.74) is 0.869. The van der Waals surface area contributed by atoms with Crippen LogP contribution in [0, 0.1) is 0 Å². The van der Waals surface area contributed by atoms with E-state index in [0.717, 1.165) is 6.42 Å². The second kappa shape index (κ2) is 10.9. The van der Waals surface area contributed by atoms with Crippen molar-refractivity contribution in [1.29, 1.82) is 0 Å². The third-order valence-corrected chi connectivity index (χ3v) is 3.51. The van der Waals surface area contributed by atoms with E-state index in [9.17, 15) is 9.59 Å². The van der Waals surface area contributed by atoms with Gasteiger partial charge in [0.25, 0.3) is 11.8 Å². The van der Waals surface area contributed by atoms with Crippen molar-refractivity contribution in [2.75, 3.05) is 31.7 Å². The molecule has 0 aromatic heterocycles. The van der Waals surface area contributed by atoms with Gasteiger partial charge in [-0.25, -0.2) is 0 Å². The van der Waals surface area contributed by atoms with Crippen molar-refractivity contribution in [2.45, 2.75) is 13.3 Å². The maximum absolute atomic E-state index is 12.3. The van der Waals surface area contributed by atoms with Crippen molar-refractivity contribution in [3.8, 4) is 5.75 Å². The molecule has 26 heavy (non-hydrogen) atoms. The van der Waals surface area contributed by atoms with Gasteiger partial charge in [0, 0.05) is 19.8 Å². The molecule has 2 rings (SSSR count). The summed E-state index contributed by atoms with van der Waals surface area (Å²) < 4.78 is 10.7. The fraction of sp³-hybridized carbons (Fsp3) is 0.300. The van der Waals surface area contributed by atoms with Crippen LogP contribution in [0.25, 0.3) is 0 Å². The zero-order valence-electron chi connectivity index (χ0n) is 14.9. The molecule has 0 aliphatic rings. The van der Waals surface area contributed by atoms with E-state index in [4.69, 9.17) is 9.47 Å². The number of nitrogens with one attached hydrogen (secondary N) is 2. The lowest BCUT2D eigenvalue weighted by molar-refractivity contribution is -0.118. The highest BCUT2D eigenvalue weighted by Crippen LogP contribution is 2.15. The molecule has 0 saturated carbocycles. The predicted molar refractivity (Wildman–Crippen MR) is 100 cm³/mol. The number of hydrogen-bond acceptors (Lipinski definition) is 4. The maximum atomic E-state index is 12.3. The quantitative estimate of drug-likeness (QED) is 0.642. The molecule has 0 unspecified atom stereocenters. The van der Waals surface area contributed by atoms with Gasteiger partial charge in [-0.05, 0) is 37.6 Å². The van der Waals surface area contributed by atoms with Crippen LogP contribution in [0.4, 0.5) is 5.69 Å². The van der Waals surface area contributed by atoms with Crippen LogP contribution in [0.5, 0.6) is 5.75 Å². The van der Waals surface area contributed by atoms with Crippen LogP contribution >= 0.6 is 0 Å². The molecule has 2 aromatic carbocycles. The third kappa shape index (κ3) is 6.57. The van der Waals surface area contributed by atoms with Gasteiger partial charge in [-0.2, -0.15) is 0 Å². The monoisotopic (exact) mass is 356 g/mol. The Kier molecular flexibility index (Phi) is 8.15. The molecule has 0 radical (unpaired) electrons. The van der Waals surface area contributed by atoms with Gasteiger partial charge in [0.2, 0.25) is 0 Å². The third-order valence-electron chi connectivity index (χ3n) is 3.51. The Morgan fingerprint density at radius 2 is 1.73 bits per heavy atom. The van der Waals surface area contributed by atoms with Crippen LogP contribution in [0.2, 0.25) is 0 Å². The zero-order chi connectivity index (χ0) is 18.6. The van der Waals surface area contributed by atoms with E-state index >= 15 is 0 Å². The van der Waals surface area contributed by atoms with E-state index in [0.29, 0.717) is 36.8 Å². The second-order valence-corrected chi connectivity index (χ2v) is 5.50. The molecule has 6 heteroatoms. The number of para-hydroxylation sites is 2. The van der Waals surface area contributed by atoms with E-state index in [1.165, 1.54) is 0 Å². The van der Waals surface area contributed by atoms with Gasteiger partial charge in [0.15, 0.2) is 6.61 Å². The van der Waals surface area contributed by atoms with E-state index in [2.05, 4.69) is 10.6 Å². The fourth-order valence-electron chi connectivity index (χ4n) is 2.26. The lowest BCUT2D eigenvalue weighted by Crippen LogP contribution is -2.27. The molecule has 2 amide bonds. The highest BCUT2D eigenvalue weighted by Gasteiger charge is 2.13. The van der Waals surface area contributed by atoms with Crippen molar-refractivity contribution in [2.24, 2.45) is 0 Å². The van der Waals surface area contributed by atoms with Gasteiger partial charge in [-0.1, -0.05) is 30.3 Å². The molecule has 0 atom stereocenters. The van der Waals surface area contributed by atoms with Gasteiger partial charge < -0.3 is 20.1 Å². The number of benzene rings is 2. The molecule has 0 aliphatic carbocycles. The Morgan fingerprint density at radius 3 is 2.50 bits per heavy atom. The Hall–Kier alpha value is -2.86. The SMILES string of the molecule is CCOCCCNC(=O)c1ccccc1NC(=O)COc1ccccc1. The Balaban J connectivity index is 1.87. The molecule has 0 fully saturated rings. The number of anilines is 1. The smallest absolute Gasteiger partial charge is 0.262 e. The molecule has 0 bridgehead atoms. The largest absolute Gasteiger partial charge is 0.484 e. The molecule has 0 saturated heterocycles. The van der Waals surface area contributed by atoms with Crippen LogP contribution in [0.3, 0.4) is 0 Å². The average Bonchev–Trinajstić information content (AvgIpc) is 2.67. The van der Waals surface area contributed by atoms with E-state index in [1.54, 1.807) is 36.4 Å².